The summed E-state index contributed by atoms with van der Waals surface area (Å²) < 4.78 is 59.7. The molecule has 3 aromatic carbocycles. The number of benzene rings is 3. The van der Waals surface area contributed by atoms with Crippen molar-refractivity contribution in [3.8, 4) is 22.5 Å². The number of carbonyl (C=O) groups is 1. The van der Waals surface area contributed by atoms with Gasteiger partial charge in [-0.3, -0.25) is 4.79 Å². The Kier molecular flexibility index (Phi) is 4.73. The van der Waals surface area contributed by atoms with E-state index in [9.17, 15) is 13.6 Å². The van der Waals surface area contributed by atoms with Crippen LogP contribution in [0.3, 0.4) is 0 Å². The Labute approximate surface area is 180 Å². The van der Waals surface area contributed by atoms with E-state index in [-0.39, 0.29) is 34.1 Å². The van der Waals surface area contributed by atoms with Gasteiger partial charge in [0.25, 0.3) is 5.91 Å². The molecule has 0 radical (unpaired) electrons. The molecule has 0 spiro atoms. The van der Waals surface area contributed by atoms with Crippen molar-refractivity contribution < 1.29 is 22.4 Å². The molecular weight excluding hydrogens is 422 g/mol. The molecule has 0 saturated heterocycles. The van der Waals surface area contributed by atoms with Crippen LogP contribution in [0, 0.1) is 30.2 Å². The summed E-state index contributed by atoms with van der Waals surface area (Å²) in [6.45, 7) is 1.75. The van der Waals surface area contributed by atoms with Crippen molar-refractivity contribution in [2.24, 2.45) is 0 Å². The zero-order valence-corrected chi connectivity index (χ0v) is 16.9. The van der Waals surface area contributed by atoms with Gasteiger partial charge in [-0.25, -0.2) is 22.5 Å². The number of aryl methyl sites for hydroxylation is 1. The SMILES string of the molecule is Cc1cc(C(=O)NC2CC2)c2[nH]c(-c3c(F)c(F)c(-c4ccccc4)c(F)c3F)nc2c1. The first-order chi connectivity index (χ1) is 15.3. The summed E-state index contributed by atoms with van der Waals surface area (Å²) in [6.07, 6.45) is 1.77. The molecule has 0 bridgehead atoms. The zero-order chi connectivity index (χ0) is 22.6. The average molecular weight is 439 g/mol. The summed E-state index contributed by atoms with van der Waals surface area (Å²) in [7, 11) is 0. The highest BCUT2D eigenvalue weighted by Crippen LogP contribution is 2.37. The Morgan fingerprint density at radius 3 is 2.22 bits per heavy atom. The number of amides is 1. The van der Waals surface area contributed by atoms with Crippen LogP contribution in [0.25, 0.3) is 33.5 Å². The third kappa shape index (κ3) is 3.32. The van der Waals surface area contributed by atoms with Crippen molar-refractivity contribution in [3.63, 3.8) is 0 Å². The normalized spacial score (nSPS) is 13.5. The van der Waals surface area contributed by atoms with Gasteiger partial charge >= 0.3 is 0 Å². The molecular formula is C24H17F4N3O. The third-order valence-electron chi connectivity index (χ3n) is 5.46. The fraction of sp³-hybridized carbons (Fsp3) is 0.167. The van der Waals surface area contributed by atoms with E-state index in [1.54, 1.807) is 25.1 Å². The molecule has 1 heterocycles. The second-order valence-electron chi connectivity index (χ2n) is 7.91. The van der Waals surface area contributed by atoms with Crippen molar-refractivity contribution in [1.29, 1.82) is 0 Å². The zero-order valence-electron chi connectivity index (χ0n) is 16.9. The molecule has 1 fully saturated rings. The number of aromatic nitrogens is 2. The second kappa shape index (κ2) is 7.47. The molecule has 0 unspecified atom stereocenters. The Morgan fingerprint density at radius 2 is 1.59 bits per heavy atom. The van der Waals surface area contributed by atoms with E-state index in [1.165, 1.54) is 24.3 Å². The predicted octanol–water partition coefficient (Wildman–Crippen LogP) is 5.65. The number of halogens is 4. The number of hydrogen-bond acceptors (Lipinski definition) is 2. The van der Waals surface area contributed by atoms with E-state index in [0.717, 1.165) is 12.8 Å². The van der Waals surface area contributed by atoms with Gasteiger partial charge in [-0.2, -0.15) is 0 Å². The van der Waals surface area contributed by atoms with Crippen molar-refractivity contribution in [3.05, 3.63) is 76.9 Å². The van der Waals surface area contributed by atoms with E-state index < -0.39 is 40.2 Å². The maximum absolute atomic E-state index is 15.0. The summed E-state index contributed by atoms with van der Waals surface area (Å²) >= 11 is 0. The van der Waals surface area contributed by atoms with Gasteiger partial charge in [0.2, 0.25) is 0 Å². The fourth-order valence-corrected chi connectivity index (χ4v) is 3.74. The predicted molar refractivity (Wildman–Crippen MR) is 112 cm³/mol. The number of nitrogens with one attached hydrogen (secondary N) is 2. The third-order valence-corrected chi connectivity index (χ3v) is 5.46. The Bertz CT molecular complexity index is 1350. The van der Waals surface area contributed by atoms with Crippen LogP contribution in [-0.4, -0.2) is 21.9 Å². The van der Waals surface area contributed by atoms with Gasteiger partial charge in [-0.1, -0.05) is 30.3 Å². The molecule has 1 saturated carbocycles. The average Bonchev–Trinajstić information content (AvgIpc) is 3.49. The Morgan fingerprint density at radius 1 is 0.969 bits per heavy atom. The Balaban J connectivity index is 1.68. The standard InChI is InChI=1S/C24H17F4N3O/c1-11-9-14(24(32)29-13-7-8-13)22-15(10-11)30-23(31-22)17-20(27)18(25)16(19(26)21(17)28)12-5-3-2-4-6-12/h2-6,9-10,13H,7-8H2,1H3,(H,29,32)(H,30,31). The largest absolute Gasteiger partial charge is 0.349 e. The van der Waals surface area contributed by atoms with Crippen molar-refractivity contribution in [1.82, 2.24) is 15.3 Å². The molecule has 4 aromatic rings. The summed E-state index contributed by atoms with van der Waals surface area (Å²) in [5.74, 6) is -6.93. The van der Waals surface area contributed by atoms with E-state index in [1.807, 2.05) is 0 Å². The van der Waals surface area contributed by atoms with Crippen LogP contribution in [0.4, 0.5) is 17.6 Å². The number of H-pyrrole nitrogens is 1. The molecule has 1 amide bonds. The molecule has 1 aromatic heterocycles. The smallest absolute Gasteiger partial charge is 0.253 e. The first kappa shape index (κ1) is 20.2. The van der Waals surface area contributed by atoms with Crippen molar-refractivity contribution in [2.75, 3.05) is 0 Å². The van der Waals surface area contributed by atoms with E-state index >= 15 is 8.78 Å². The monoisotopic (exact) mass is 439 g/mol. The van der Waals surface area contributed by atoms with Crippen LogP contribution in [0.5, 0.6) is 0 Å². The lowest BCUT2D eigenvalue weighted by molar-refractivity contribution is 0.0952. The molecule has 8 heteroatoms. The van der Waals surface area contributed by atoms with Gasteiger partial charge in [-0.15, -0.1) is 0 Å². The van der Waals surface area contributed by atoms with Gasteiger partial charge < -0.3 is 10.3 Å². The fourth-order valence-electron chi connectivity index (χ4n) is 3.74. The van der Waals surface area contributed by atoms with E-state index in [2.05, 4.69) is 15.3 Å². The number of rotatable bonds is 4. The number of imidazole rings is 1. The van der Waals surface area contributed by atoms with Crippen LogP contribution >= 0.6 is 0 Å². The lowest BCUT2D eigenvalue weighted by Crippen LogP contribution is -2.25. The van der Waals surface area contributed by atoms with Crippen LogP contribution in [0.1, 0.15) is 28.8 Å². The number of nitrogens with zero attached hydrogens (tertiary/aromatic N) is 1. The summed E-state index contributed by atoms with van der Waals surface area (Å²) in [6, 6.07) is 10.7. The lowest BCUT2D eigenvalue weighted by atomic mass is 10.0. The number of aromatic amines is 1. The van der Waals surface area contributed by atoms with Crippen LogP contribution in [0.2, 0.25) is 0 Å². The maximum Gasteiger partial charge on any atom is 0.253 e. The topological polar surface area (TPSA) is 57.8 Å². The van der Waals surface area contributed by atoms with Gasteiger partial charge in [0.05, 0.1) is 27.7 Å². The van der Waals surface area contributed by atoms with Crippen molar-refractivity contribution >= 4 is 16.9 Å². The van der Waals surface area contributed by atoms with Crippen molar-refractivity contribution in [2.45, 2.75) is 25.8 Å². The van der Waals surface area contributed by atoms with Crippen LogP contribution in [0.15, 0.2) is 42.5 Å². The van der Waals surface area contributed by atoms with Crippen LogP contribution in [-0.2, 0) is 0 Å². The number of carbonyl (C=O) groups excluding carboxylic acids is 1. The summed E-state index contributed by atoms with van der Waals surface area (Å²) in [5.41, 5.74) is -0.306. The highest BCUT2D eigenvalue weighted by molar-refractivity contribution is 6.06. The molecule has 1 aliphatic carbocycles. The molecule has 2 N–H and O–H groups in total. The first-order valence-corrected chi connectivity index (χ1v) is 10.1. The van der Waals surface area contributed by atoms with Gasteiger partial charge in [-0.05, 0) is 43.0 Å². The van der Waals surface area contributed by atoms with Gasteiger partial charge in [0, 0.05) is 6.04 Å². The molecule has 32 heavy (non-hydrogen) atoms. The summed E-state index contributed by atoms with van der Waals surface area (Å²) in [5, 5.41) is 2.85. The molecule has 0 atom stereocenters. The highest BCUT2D eigenvalue weighted by atomic mass is 19.2. The molecule has 162 valence electrons. The molecule has 1 aliphatic rings. The molecule has 0 aliphatic heterocycles. The minimum Gasteiger partial charge on any atom is -0.349 e. The number of fused-ring (bicyclic) bond motifs is 1. The maximum atomic E-state index is 15.0. The minimum absolute atomic E-state index is 0.00566. The minimum atomic E-state index is -1.57. The second-order valence-corrected chi connectivity index (χ2v) is 7.91. The van der Waals surface area contributed by atoms with Gasteiger partial charge in [0.1, 0.15) is 5.82 Å². The van der Waals surface area contributed by atoms with E-state index in [0.29, 0.717) is 5.56 Å². The number of hydrogen-bond donors (Lipinski definition) is 2. The molecule has 5 rings (SSSR count). The quantitative estimate of drug-likeness (QED) is 0.319. The summed E-state index contributed by atoms with van der Waals surface area (Å²) in [4.78, 5) is 19.5. The highest BCUT2D eigenvalue weighted by Gasteiger charge is 2.30. The van der Waals surface area contributed by atoms with Crippen LogP contribution < -0.4 is 5.32 Å². The van der Waals surface area contributed by atoms with E-state index in [4.69, 9.17) is 0 Å². The Hall–Kier alpha value is -3.68. The van der Waals surface area contributed by atoms with Gasteiger partial charge in [0.15, 0.2) is 23.3 Å². The first-order valence-electron chi connectivity index (χ1n) is 10.1. The molecule has 4 nitrogen and oxygen atoms in total. The lowest BCUT2D eigenvalue weighted by Gasteiger charge is -2.11.